The molecular formula is C31H23BrN4O. The quantitative estimate of drug-likeness (QED) is 0.243. The van der Waals surface area contributed by atoms with E-state index < -0.39 is 0 Å². The highest BCUT2D eigenvalue weighted by atomic mass is 79.9. The predicted octanol–water partition coefficient (Wildman–Crippen LogP) is 8.00. The zero-order valence-corrected chi connectivity index (χ0v) is 21.7. The molecule has 0 saturated heterocycles. The van der Waals surface area contributed by atoms with Gasteiger partial charge in [0.15, 0.2) is 5.82 Å². The van der Waals surface area contributed by atoms with E-state index in [4.69, 9.17) is 14.8 Å². The standard InChI is InChI=1S/C31H23BrN4O/c1-37-22-14-11-19(12-15-22)27-18-28(20-7-3-2-4-8-20)36(35-27)31-24-10-6-5-9-23(24)29-25-17-21(32)13-16-26(25)33-30(29)34-31/h2-17,28H,18H2,1H3,(H,33,34). The third kappa shape index (κ3) is 3.67. The summed E-state index contributed by atoms with van der Waals surface area (Å²) < 4.78 is 6.42. The number of halogens is 1. The van der Waals surface area contributed by atoms with Crippen molar-refractivity contribution in [2.24, 2.45) is 5.10 Å². The number of nitrogens with zero attached hydrogens (tertiary/aromatic N) is 3. The van der Waals surface area contributed by atoms with Gasteiger partial charge in [0.2, 0.25) is 0 Å². The van der Waals surface area contributed by atoms with Gasteiger partial charge < -0.3 is 9.72 Å². The molecule has 7 rings (SSSR count). The maximum atomic E-state index is 5.37. The second-order valence-electron chi connectivity index (χ2n) is 9.27. The number of aromatic amines is 1. The lowest BCUT2D eigenvalue weighted by atomic mass is 9.98. The van der Waals surface area contributed by atoms with Crippen molar-refractivity contribution in [1.29, 1.82) is 0 Å². The fraction of sp³-hybridized carbons (Fsp3) is 0.0968. The zero-order chi connectivity index (χ0) is 24.9. The Labute approximate surface area is 222 Å². The first-order chi connectivity index (χ1) is 18.2. The molecule has 0 saturated carbocycles. The molecule has 5 nitrogen and oxygen atoms in total. The molecule has 6 aromatic rings. The number of rotatable bonds is 4. The lowest BCUT2D eigenvalue weighted by Crippen LogP contribution is -2.20. The largest absolute Gasteiger partial charge is 0.497 e. The smallest absolute Gasteiger partial charge is 0.159 e. The number of H-pyrrole nitrogens is 1. The van der Waals surface area contributed by atoms with Crippen LogP contribution in [0.2, 0.25) is 0 Å². The van der Waals surface area contributed by atoms with Crippen molar-refractivity contribution in [3.8, 4) is 5.75 Å². The number of hydrazone groups is 1. The third-order valence-electron chi connectivity index (χ3n) is 7.13. The number of anilines is 1. The summed E-state index contributed by atoms with van der Waals surface area (Å²) in [5.41, 5.74) is 5.26. The second-order valence-corrected chi connectivity index (χ2v) is 10.2. The number of pyridine rings is 1. The molecule has 1 N–H and O–H groups in total. The molecule has 1 atom stereocenters. The number of methoxy groups -OCH3 is 1. The highest BCUT2D eigenvalue weighted by Gasteiger charge is 2.32. The lowest BCUT2D eigenvalue weighted by molar-refractivity contribution is 0.415. The monoisotopic (exact) mass is 546 g/mol. The van der Waals surface area contributed by atoms with E-state index in [1.54, 1.807) is 7.11 Å². The first-order valence-corrected chi connectivity index (χ1v) is 13.0. The van der Waals surface area contributed by atoms with Crippen molar-refractivity contribution in [3.05, 3.63) is 113 Å². The van der Waals surface area contributed by atoms with Crippen LogP contribution in [-0.4, -0.2) is 22.8 Å². The van der Waals surface area contributed by atoms with E-state index in [9.17, 15) is 0 Å². The number of hydrogen-bond acceptors (Lipinski definition) is 4. The van der Waals surface area contributed by atoms with Gasteiger partial charge in [-0.15, -0.1) is 0 Å². The second kappa shape index (κ2) is 8.75. The van der Waals surface area contributed by atoms with E-state index in [1.165, 1.54) is 5.56 Å². The average molecular weight is 547 g/mol. The number of fused-ring (bicyclic) bond motifs is 5. The topological polar surface area (TPSA) is 53.5 Å². The molecule has 1 unspecified atom stereocenters. The van der Waals surface area contributed by atoms with Gasteiger partial charge in [0.25, 0.3) is 0 Å². The summed E-state index contributed by atoms with van der Waals surface area (Å²) in [6, 6.07) is 33.5. The van der Waals surface area contributed by atoms with E-state index in [0.717, 1.165) is 66.4 Å². The van der Waals surface area contributed by atoms with Crippen LogP contribution in [0.1, 0.15) is 23.6 Å². The lowest BCUT2D eigenvalue weighted by Gasteiger charge is -2.24. The maximum absolute atomic E-state index is 5.37. The van der Waals surface area contributed by atoms with Crippen molar-refractivity contribution >= 4 is 60.2 Å². The maximum Gasteiger partial charge on any atom is 0.159 e. The minimum absolute atomic E-state index is 0.0326. The Morgan fingerprint density at radius 3 is 2.41 bits per heavy atom. The number of aromatic nitrogens is 2. The van der Waals surface area contributed by atoms with Crippen LogP contribution in [0, 0.1) is 0 Å². The summed E-state index contributed by atoms with van der Waals surface area (Å²) in [5.74, 6) is 1.69. The molecule has 0 amide bonds. The Balaban J connectivity index is 1.46. The summed E-state index contributed by atoms with van der Waals surface area (Å²) in [6.07, 6.45) is 0.782. The van der Waals surface area contributed by atoms with Crippen LogP contribution < -0.4 is 9.75 Å². The molecular weight excluding hydrogens is 524 g/mol. The third-order valence-corrected chi connectivity index (χ3v) is 7.62. The Morgan fingerprint density at radius 2 is 1.62 bits per heavy atom. The molecule has 0 fully saturated rings. The van der Waals surface area contributed by atoms with Crippen LogP contribution in [0.25, 0.3) is 32.7 Å². The summed E-state index contributed by atoms with van der Waals surface area (Å²) in [4.78, 5) is 8.76. The molecule has 1 aliphatic heterocycles. The summed E-state index contributed by atoms with van der Waals surface area (Å²) in [7, 11) is 1.69. The van der Waals surface area contributed by atoms with Gasteiger partial charge in [-0.3, -0.25) is 0 Å². The van der Waals surface area contributed by atoms with Crippen LogP contribution in [0.5, 0.6) is 5.75 Å². The minimum Gasteiger partial charge on any atom is -0.497 e. The normalized spacial score (nSPS) is 15.6. The molecule has 0 bridgehead atoms. The molecule has 37 heavy (non-hydrogen) atoms. The highest BCUT2D eigenvalue weighted by molar-refractivity contribution is 9.10. The van der Waals surface area contributed by atoms with Crippen LogP contribution in [0.15, 0.2) is 107 Å². The Hall–Kier alpha value is -4.16. The highest BCUT2D eigenvalue weighted by Crippen LogP contribution is 2.42. The van der Waals surface area contributed by atoms with Crippen LogP contribution in [0.3, 0.4) is 0 Å². The molecule has 6 heteroatoms. The molecule has 180 valence electrons. The minimum atomic E-state index is 0.0326. The van der Waals surface area contributed by atoms with E-state index in [0.29, 0.717) is 0 Å². The van der Waals surface area contributed by atoms with E-state index in [2.05, 4.69) is 111 Å². The van der Waals surface area contributed by atoms with Gasteiger partial charge in [-0.05, 0) is 59.0 Å². The SMILES string of the molecule is COc1ccc(C2=NN(c3nc4[nH]c5ccc(Br)cc5c4c4ccccc34)C(c3ccccc3)C2)cc1. The van der Waals surface area contributed by atoms with Crippen molar-refractivity contribution in [1.82, 2.24) is 9.97 Å². The molecule has 1 aliphatic rings. The van der Waals surface area contributed by atoms with Gasteiger partial charge in [0.05, 0.1) is 18.9 Å². The number of nitrogens with one attached hydrogen (secondary N) is 1. The first-order valence-electron chi connectivity index (χ1n) is 12.3. The van der Waals surface area contributed by atoms with Crippen molar-refractivity contribution in [2.45, 2.75) is 12.5 Å². The van der Waals surface area contributed by atoms with Crippen LogP contribution in [-0.2, 0) is 0 Å². The molecule has 0 radical (unpaired) electrons. The zero-order valence-electron chi connectivity index (χ0n) is 20.1. The Morgan fingerprint density at radius 1 is 0.865 bits per heavy atom. The summed E-state index contributed by atoms with van der Waals surface area (Å²) >= 11 is 3.64. The Kier molecular flexibility index (Phi) is 5.22. The fourth-order valence-electron chi connectivity index (χ4n) is 5.34. The van der Waals surface area contributed by atoms with Gasteiger partial charge in [-0.1, -0.05) is 70.5 Å². The van der Waals surface area contributed by atoms with Gasteiger partial charge in [0, 0.05) is 32.6 Å². The van der Waals surface area contributed by atoms with Crippen molar-refractivity contribution < 1.29 is 4.74 Å². The molecule has 3 heterocycles. The van der Waals surface area contributed by atoms with Gasteiger partial charge in [0.1, 0.15) is 11.4 Å². The molecule has 0 aliphatic carbocycles. The van der Waals surface area contributed by atoms with E-state index >= 15 is 0 Å². The first kappa shape index (κ1) is 22.1. The van der Waals surface area contributed by atoms with Gasteiger partial charge in [-0.25, -0.2) is 9.99 Å². The predicted molar refractivity (Wildman–Crippen MR) is 155 cm³/mol. The Bertz CT molecular complexity index is 1810. The number of ether oxygens (including phenoxy) is 1. The van der Waals surface area contributed by atoms with Crippen LogP contribution in [0.4, 0.5) is 5.82 Å². The van der Waals surface area contributed by atoms with Gasteiger partial charge >= 0.3 is 0 Å². The average Bonchev–Trinajstić information content (AvgIpc) is 3.55. The molecule has 4 aromatic carbocycles. The van der Waals surface area contributed by atoms with Crippen molar-refractivity contribution in [2.75, 3.05) is 12.1 Å². The molecule has 2 aromatic heterocycles. The van der Waals surface area contributed by atoms with E-state index in [-0.39, 0.29) is 6.04 Å². The van der Waals surface area contributed by atoms with Gasteiger partial charge in [-0.2, -0.15) is 5.10 Å². The number of benzene rings is 4. The summed E-state index contributed by atoms with van der Waals surface area (Å²) in [6.45, 7) is 0. The van der Waals surface area contributed by atoms with E-state index in [1.807, 2.05) is 12.1 Å². The van der Waals surface area contributed by atoms with Crippen molar-refractivity contribution in [3.63, 3.8) is 0 Å². The summed E-state index contributed by atoms with van der Waals surface area (Å²) in [5, 5.41) is 11.8. The number of hydrogen-bond donors (Lipinski definition) is 1. The molecule has 0 spiro atoms. The van der Waals surface area contributed by atoms with Crippen LogP contribution >= 0.6 is 15.9 Å². The fourth-order valence-corrected chi connectivity index (χ4v) is 5.70.